The third-order valence-corrected chi connectivity index (χ3v) is 3.00. The van der Waals surface area contributed by atoms with Crippen molar-refractivity contribution in [2.45, 2.75) is 45.6 Å². The molecule has 1 aliphatic heterocycles. The lowest BCUT2D eigenvalue weighted by Crippen LogP contribution is -2.45. The summed E-state index contributed by atoms with van der Waals surface area (Å²) in [6, 6.07) is -0.0182. The van der Waals surface area contributed by atoms with E-state index in [0.29, 0.717) is 5.92 Å². The monoisotopic (exact) mass is 213 g/mol. The largest absolute Gasteiger partial charge is 0.468 e. The van der Waals surface area contributed by atoms with Gasteiger partial charge in [0.2, 0.25) is 0 Å². The first kappa shape index (κ1) is 12.5. The average molecular weight is 213 g/mol. The lowest BCUT2D eigenvalue weighted by atomic mass is 10.00. The quantitative estimate of drug-likeness (QED) is 0.669. The molecule has 0 radical (unpaired) electrons. The Morgan fingerprint density at radius 2 is 1.87 bits per heavy atom. The van der Waals surface area contributed by atoms with Gasteiger partial charge >= 0.3 is 5.97 Å². The highest BCUT2D eigenvalue weighted by atomic mass is 16.5. The smallest absolute Gasteiger partial charge is 0.323 e. The van der Waals surface area contributed by atoms with Crippen LogP contribution in [-0.2, 0) is 9.53 Å². The number of esters is 1. The Bertz CT molecular complexity index is 198. The van der Waals surface area contributed by atoms with Crippen molar-refractivity contribution in [3.8, 4) is 0 Å². The van der Waals surface area contributed by atoms with Crippen molar-refractivity contribution in [3.05, 3.63) is 0 Å². The fourth-order valence-electron chi connectivity index (χ4n) is 2.21. The Morgan fingerprint density at radius 1 is 1.27 bits per heavy atom. The summed E-state index contributed by atoms with van der Waals surface area (Å²) in [4.78, 5) is 14.0. The first-order valence-corrected chi connectivity index (χ1v) is 5.97. The molecule has 15 heavy (non-hydrogen) atoms. The third-order valence-electron chi connectivity index (χ3n) is 3.00. The molecular weight excluding hydrogens is 190 g/mol. The molecule has 0 bridgehead atoms. The topological polar surface area (TPSA) is 29.5 Å². The van der Waals surface area contributed by atoms with E-state index < -0.39 is 0 Å². The number of methoxy groups -OCH3 is 1. The van der Waals surface area contributed by atoms with Gasteiger partial charge in [0, 0.05) is 0 Å². The van der Waals surface area contributed by atoms with Gasteiger partial charge in [0.15, 0.2) is 0 Å². The van der Waals surface area contributed by atoms with E-state index in [-0.39, 0.29) is 12.0 Å². The van der Waals surface area contributed by atoms with Crippen LogP contribution in [0.3, 0.4) is 0 Å². The molecular formula is C12H23NO2. The SMILES string of the molecule is COC(=O)C(CC(C)C)N1CCCCC1. The summed E-state index contributed by atoms with van der Waals surface area (Å²) < 4.78 is 4.89. The summed E-state index contributed by atoms with van der Waals surface area (Å²) in [6.45, 7) is 6.40. The number of hydrogen-bond donors (Lipinski definition) is 0. The van der Waals surface area contributed by atoms with Gasteiger partial charge in [0.05, 0.1) is 7.11 Å². The van der Waals surface area contributed by atoms with Crippen molar-refractivity contribution in [1.82, 2.24) is 4.90 Å². The minimum Gasteiger partial charge on any atom is -0.468 e. The third kappa shape index (κ3) is 3.82. The van der Waals surface area contributed by atoms with Gasteiger partial charge in [-0.05, 0) is 38.3 Å². The molecule has 0 spiro atoms. The summed E-state index contributed by atoms with van der Waals surface area (Å²) in [5, 5.41) is 0. The van der Waals surface area contributed by atoms with Crippen LogP contribution in [0.25, 0.3) is 0 Å². The van der Waals surface area contributed by atoms with Crippen molar-refractivity contribution in [3.63, 3.8) is 0 Å². The number of rotatable bonds is 4. The van der Waals surface area contributed by atoms with Gasteiger partial charge in [-0.2, -0.15) is 0 Å². The minimum atomic E-state index is -0.0643. The molecule has 0 saturated carbocycles. The molecule has 1 aliphatic rings. The van der Waals surface area contributed by atoms with Crippen LogP contribution in [0, 0.1) is 5.92 Å². The van der Waals surface area contributed by atoms with Crippen molar-refractivity contribution < 1.29 is 9.53 Å². The second-order valence-electron chi connectivity index (χ2n) is 4.77. The second kappa shape index (κ2) is 6.11. The number of carbonyl (C=O) groups excluding carboxylic acids is 1. The zero-order chi connectivity index (χ0) is 11.3. The molecule has 3 heteroatoms. The summed E-state index contributed by atoms with van der Waals surface area (Å²) in [7, 11) is 1.49. The number of hydrogen-bond acceptors (Lipinski definition) is 3. The van der Waals surface area contributed by atoms with E-state index in [1.54, 1.807) is 0 Å². The predicted octanol–water partition coefficient (Wildman–Crippen LogP) is 2.06. The number of nitrogens with zero attached hydrogens (tertiary/aromatic N) is 1. The number of carbonyl (C=O) groups is 1. The fourth-order valence-corrected chi connectivity index (χ4v) is 2.21. The van der Waals surface area contributed by atoms with Crippen LogP contribution in [0.15, 0.2) is 0 Å². The minimum absolute atomic E-state index is 0.0182. The molecule has 3 nitrogen and oxygen atoms in total. The van der Waals surface area contributed by atoms with Crippen LogP contribution >= 0.6 is 0 Å². The van der Waals surface area contributed by atoms with E-state index >= 15 is 0 Å². The maximum atomic E-state index is 11.7. The summed E-state index contributed by atoms with van der Waals surface area (Å²) in [5.74, 6) is 0.474. The van der Waals surface area contributed by atoms with Crippen molar-refractivity contribution in [1.29, 1.82) is 0 Å². The van der Waals surface area contributed by atoms with Gasteiger partial charge in [-0.1, -0.05) is 20.3 Å². The zero-order valence-electron chi connectivity index (χ0n) is 10.2. The Balaban J connectivity index is 2.57. The van der Waals surface area contributed by atoms with Crippen LogP contribution < -0.4 is 0 Å². The summed E-state index contributed by atoms with van der Waals surface area (Å²) in [6.07, 6.45) is 4.63. The lowest BCUT2D eigenvalue weighted by molar-refractivity contribution is -0.148. The molecule has 1 rings (SSSR count). The van der Waals surface area contributed by atoms with Crippen LogP contribution in [0.4, 0.5) is 0 Å². The molecule has 0 aromatic heterocycles. The van der Waals surface area contributed by atoms with Crippen LogP contribution in [0.5, 0.6) is 0 Å². The molecule has 1 atom stereocenters. The Hall–Kier alpha value is -0.570. The zero-order valence-corrected chi connectivity index (χ0v) is 10.2. The van der Waals surface area contributed by atoms with Gasteiger partial charge in [-0.3, -0.25) is 9.69 Å². The molecule has 0 N–H and O–H groups in total. The average Bonchev–Trinajstić information content (AvgIpc) is 2.26. The van der Waals surface area contributed by atoms with Crippen LogP contribution in [0.1, 0.15) is 39.5 Å². The Kier molecular flexibility index (Phi) is 5.09. The number of ether oxygens (including phenoxy) is 1. The van der Waals surface area contributed by atoms with Crippen molar-refractivity contribution >= 4 is 5.97 Å². The molecule has 88 valence electrons. The standard InChI is InChI=1S/C12H23NO2/c1-10(2)9-11(12(14)15-3)13-7-5-4-6-8-13/h10-11H,4-9H2,1-3H3. The first-order valence-electron chi connectivity index (χ1n) is 5.97. The fraction of sp³-hybridized carbons (Fsp3) is 0.917. The van der Waals surface area contributed by atoms with Crippen LogP contribution in [0.2, 0.25) is 0 Å². The molecule has 0 aliphatic carbocycles. The second-order valence-corrected chi connectivity index (χ2v) is 4.77. The van der Waals surface area contributed by atoms with E-state index in [9.17, 15) is 4.79 Å². The summed E-state index contributed by atoms with van der Waals surface area (Å²) >= 11 is 0. The van der Waals surface area contributed by atoms with Crippen molar-refractivity contribution in [2.75, 3.05) is 20.2 Å². The molecule has 1 heterocycles. The molecule has 1 fully saturated rings. The Morgan fingerprint density at radius 3 is 2.33 bits per heavy atom. The van der Waals surface area contributed by atoms with Gasteiger partial charge in [-0.15, -0.1) is 0 Å². The maximum Gasteiger partial charge on any atom is 0.323 e. The van der Waals surface area contributed by atoms with E-state index in [1.807, 2.05) is 0 Å². The Labute approximate surface area is 92.8 Å². The van der Waals surface area contributed by atoms with Crippen LogP contribution in [-0.4, -0.2) is 37.1 Å². The van der Waals surface area contributed by atoms with Crippen molar-refractivity contribution in [2.24, 2.45) is 5.92 Å². The number of likely N-dealkylation sites (tertiary alicyclic amines) is 1. The molecule has 0 aromatic rings. The lowest BCUT2D eigenvalue weighted by Gasteiger charge is -2.33. The molecule has 1 unspecified atom stereocenters. The highest BCUT2D eigenvalue weighted by Gasteiger charge is 2.28. The molecule has 1 saturated heterocycles. The van der Waals surface area contributed by atoms with E-state index in [4.69, 9.17) is 4.74 Å². The normalized spacial score (nSPS) is 20.3. The van der Waals surface area contributed by atoms with E-state index in [0.717, 1.165) is 19.5 Å². The van der Waals surface area contributed by atoms with E-state index in [2.05, 4.69) is 18.7 Å². The van der Waals surface area contributed by atoms with Gasteiger partial charge in [-0.25, -0.2) is 0 Å². The maximum absolute atomic E-state index is 11.7. The van der Waals surface area contributed by atoms with E-state index in [1.165, 1.54) is 26.4 Å². The molecule has 0 aromatic carbocycles. The highest BCUT2D eigenvalue weighted by Crippen LogP contribution is 2.18. The van der Waals surface area contributed by atoms with Gasteiger partial charge in [0.1, 0.15) is 6.04 Å². The predicted molar refractivity (Wildman–Crippen MR) is 60.7 cm³/mol. The van der Waals surface area contributed by atoms with Gasteiger partial charge in [0.25, 0.3) is 0 Å². The summed E-state index contributed by atoms with van der Waals surface area (Å²) in [5.41, 5.74) is 0. The first-order chi connectivity index (χ1) is 7.15. The molecule has 0 amide bonds. The number of piperidine rings is 1. The highest BCUT2D eigenvalue weighted by molar-refractivity contribution is 5.75. The van der Waals surface area contributed by atoms with Gasteiger partial charge < -0.3 is 4.74 Å².